The lowest BCUT2D eigenvalue weighted by Crippen LogP contribution is -2.51. The largest absolute Gasteiger partial charge is 0.496 e. The molecule has 0 saturated carbocycles. The van der Waals surface area contributed by atoms with E-state index in [1.807, 2.05) is 23.1 Å². The zero-order valence-corrected chi connectivity index (χ0v) is 17.6. The van der Waals surface area contributed by atoms with E-state index in [1.165, 1.54) is 0 Å². The van der Waals surface area contributed by atoms with Crippen LogP contribution < -0.4 is 4.74 Å². The Balaban J connectivity index is 1.63. The van der Waals surface area contributed by atoms with Crippen molar-refractivity contribution < 1.29 is 9.53 Å². The molecule has 0 aliphatic carbocycles. The highest BCUT2D eigenvalue weighted by Crippen LogP contribution is 2.34. The normalized spacial score (nSPS) is 15.2. The zero-order valence-electron chi connectivity index (χ0n) is 15.2. The van der Waals surface area contributed by atoms with Gasteiger partial charge < -0.3 is 14.5 Å². The van der Waals surface area contributed by atoms with Crippen LogP contribution in [0.4, 0.5) is 4.79 Å². The van der Waals surface area contributed by atoms with E-state index in [0.717, 1.165) is 59.2 Å². The van der Waals surface area contributed by atoms with Crippen LogP contribution in [0, 0.1) is 0 Å². The predicted molar refractivity (Wildman–Crippen MR) is 108 cm³/mol. The number of hydrogen-bond acceptors (Lipinski definition) is 5. The van der Waals surface area contributed by atoms with E-state index in [-0.39, 0.29) is 6.03 Å². The Bertz CT molecular complexity index is 772. The molecule has 3 rings (SSSR count). The number of aromatic nitrogens is 1. The first kappa shape index (κ1) is 19.1. The number of carbonyl (C=O) groups is 1. The highest BCUT2D eigenvalue weighted by atomic mass is 79.9. The molecule has 0 N–H and O–H groups in total. The fourth-order valence-corrected chi connectivity index (χ4v) is 4.15. The smallest absolute Gasteiger partial charge is 0.319 e. The number of halogens is 1. The van der Waals surface area contributed by atoms with Gasteiger partial charge in [0.25, 0.3) is 0 Å². The maximum atomic E-state index is 12.0. The van der Waals surface area contributed by atoms with Crippen molar-refractivity contribution in [2.75, 3.05) is 47.4 Å². The number of amides is 2. The first-order valence-corrected chi connectivity index (χ1v) is 10.1. The molecule has 8 heteroatoms. The summed E-state index contributed by atoms with van der Waals surface area (Å²) in [6, 6.07) is 6.03. The molecule has 6 nitrogen and oxygen atoms in total. The number of piperazine rings is 1. The molecular formula is C18H23BrN4O2S. The molecule has 0 bridgehead atoms. The second-order valence-electron chi connectivity index (χ2n) is 6.43. The molecule has 1 aliphatic rings. The van der Waals surface area contributed by atoms with Gasteiger partial charge in [-0.1, -0.05) is 15.9 Å². The van der Waals surface area contributed by atoms with Crippen LogP contribution in [0.15, 0.2) is 28.1 Å². The molecule has 0 spiro atoms. The minimum Gasteiger partial charge on any atom is -0.496 e. The molecule has 2 amide bonds. The molecule has 1 fully saturated rings. The minimum absolute atomic E-state index is 0.0855. The number of rotatable bonds is 4. The highest BCUT2D eigenvalue weighted by molar-refractivity contribution is 9.10. The van der Waals surface area contributed by atoms with Gasteiger partial charge in [-0.25, -0.2) is 9.78 Å². The van der Waals surface area contributed by atoms with Crippen LogP contribution in [-0.2, 0) is 6.54 Å². The standard InChI is InChI=1S/C18H23BrN4O2S/c1-21(2)18(24)23-8-6-22(7-9-23)11-14-12-26-17(20-14)15-10-13(19)4-5-16(15)25-3/h4-5,10,12H,6-9,11H2,1-3H3. The van der Waals surface area contributed by atoms with Crippen LogP contribution >= 0.6 is 27.3 Å². The maximum absolute atomic E-state index is 12.0. The van der Waals surface area contributed by atoms with Gasteiger partial charge in [-0.15, -0.1) is 11.3 Å². The summed E-state index contributed by atoms with van der Waals surface area (Å²) in [4.78, 5) is 22.7. The van der Waals surface area contributed by atoms with Crippen molar-refractivity contribution >= 4 is 33.3 Å². The Labute approximate surface area is 166 Å². The number of ether oxygens (including phenoxy) is 1. The van der Waals surface area contributed by atoms with Crippen molar-refractivity contribution in [2.45, 2.75) is 6.54 Å². The molecule has 26 heavy (non-hydrogen) atoms. The van der Waals surface area contributed by atoms with E-state index in [2.05, 4.69) is 26.2 Å². The van der Waals surface area contributed by atoms with Crippen LogP contribution in [-0.4, -0.2) is 73.1 Å². The van der Waals surface area contributed by atoms with Crippen LogP contribution in [0.1, 0.15) is 5.69 Å². The van der Waals surface area contributed by atoms with Crippen molar-refractivity contribution in [3.05, 3.63) is 33.7 Å². The van der Waals surface area contributed by atoms with Crippen LogP contribution in [0.5, 0.6) is 5.75 Å². The van der Waals surface area contributed by atoms with E-state index < -0.39 is 0 Å². The lowest BCUT2D eigenvalue weighted by molar-refractivity contribution is 0.119. The maximum Gasteiger partial charge on any atom is 0.319 e. The average molecular weight is 439 g/mol. The van der Waals surface area contributed by atoms with E-state index in [0.29, 0.717) is 0 Å². The summed E-state index contributed by atoms with van der Waals surface area (Å²) in [5.74, 6) is 0.824. The minimum atomic E-state index is 0.0855. The first-order chi connectivity index (χ1) is 12.5. The van der Waals surface area contributed by atoms with Crippen molar-refractivity contribution in [3.8, 4) is 16.3 Å². The molecule has 1 aromatic carbocycles. The van der Waals surface area contributed by atoms with Gasteiger partial charge in [0.15, 0.2) is 0 Å². The van der Waals surface area contributed by atoms with Gasteiger partial charge in [0.2, 0.25) is 0 Å². The second-order valence-corrected chi connectivity index (χ2v) is 8.20. The molecule has 0 radical (unpaired) electrons. The van der Waals surface area contributed by atoms with Gasteiger partial charge in [0.1, 0.15) is 10.8 Å². The number of benzene rings is 1. The molecule has 1 aromatic heterocycles. The fourth-order valence-electron chi connectivity index (χ4n) is 2.96. The lowest BCUT2D eigenvalue weighted by atomic mass is 10.2. The number of nitrogens with zero attached hydrogens (tertiary/aromatic N) is 4. The summed E-state index contributed by atoms with van der Waals surface area (Å²) >= 11 is 5.14. The van der Waals surface area contributed by atoms with Crippen LogP contribution in [0.25, 0.3) is 10.6 Å². The molecule has 0 atom stereocenters. The summed E-state index contributed by atoms with van der Waals surface area (Å²) in [6.07, 6.45) is 0. The first-order valence-electron chi connectivity index (χ1n) is 8.45. The quantitative estimate of drug-likeness (QED) is 0.733. The van der Waals surface area contributed by atoms with Crippen LogP contribution in [0.3, 0.4) is 0 Å². The number of methoxy groups -OCH3 is 1. The van der Waals surface area contributed by atoms with Crippen molar-refractivity contribution in [3.63, 3.8) is 0 Å². The van der Waals surface area contributed by atoms with Gasteiger partial charge in [0.05, 0.1) is 18.4 Å². The summed E-state index contributed by atoms with van der Waals surface area (Å²) in [7, 11) is 5.26. The van der Waals surface area contributed by atoms with Crippen molar-refractivity contribution in [2.24, 2.45) is 0 Å². The molecule has 1 saturated heterocycles. The summed E-state index contributed by atoms with van der Waals surface area (Å²) in [6.45, 7) is 4.05. The van der Waals surface area contributed by atoms with Crippen LogP contribution in [0.2, 0.25) is 0 Å². The predicted octanol–water partition coefficient (Wildman–Crippen LogP) is 3.38. The number of hydrogen-bond donors (Lipinski definition) is 0. The lowest BCUT2D eigenvalue weighted by Gasteiger charge is -2.35. The number of thiazole rings is 1. The molecule has 0 unspecified atom stereocenters. The summed E-state index contributed by atoms with van der Waals surface area (Å²) in [5, 5.41) is 3.06. The SMILES string of the molecule is COc1ccc(Br)cc1-c1nc(CN2CCN(C(=O)N(C)C)CC2)cs1. The van der Waals surface area contributed by atoms with Crippen molar-refractivity contribution in [1.82, 2.24) is 19.7 Å². The Kier molecular flexibility index (Phi) is 6.16. The van der Waals surface area contributed by atoms with E-state index in [1.54, 1.807) is 37.4 Å². The van der Waals surface area contributed by atoms with Gasteiger partial charge in [-0.2, -0.15) is 0 Å². The average Bonchev–Trinajstić information content (AvgIpc) is 3.10. The number of carbonyl (C=O) groups excluding carboxylic acids is 1. The van der Waals surface area contributed by atoms with E-state index in [9.17, 15) is 4.79 Å². The Morgan fingerprint density at radius 2 is 2.04 bits per heavy atom. The Morgan fingerprint density at radius 3 is 2.69 bits per heavy atom. The third-order valence-corrected chi connectivity index (χ3v) is 5.77. The zero-order chi connectivity index (χ0) is 18.7. The topological polar surface area (TPSA) is 48.9 Å². The summed E-state index contributed by atoms with van der Waals surface area (Å²) in [5.41, 5.74) is 2.05. The van der Waals surface area contributed by atoms with Gasteiger partial charge in [-0.05, 0) is 18.2 Å². The number of urea groups is 1. The Hall–Kier alpha value is -1.64. The molecule has 2 aromatic rings. The molecule has 1 aliphatic heterocycles. The molecular weight excluding hydrogens is 416 g/mol. The molecule has 140 valence electrons. The van der Waals surface area contributed by atoms with E-state index in [4.69, 9.17) is 9.72 Å². The van der Waals surface area contributed by atoms with Gasteiger partial charge in [0, 0.05) is 56.7 Å². The van der Waals surface area contributed by atoms with E-state index >= 15 is 0 Å². The second kappa shape index (κ2) is 8.37. The molecule has 2 heterocycles. The highest BCUT2D eigenvalue weighted by Gasteiger charge is 2.22. The van der Waals surface area contributed by atoms with Crippen molar-refractivity contribution in [1.29, 1.82) is 0 Å². The fraction of sp³-hybridized carbons (Fsp3) is 0.444. The van der Waals surface area contributed by atoms with Gasteiger partial charge in [-0.3, -0.25) is 4.90 Å². The monoisotopic (exact) mass is 438 g/mol. The summed E-state index contributed by atoms with van der Waals surface area (Å²) < 4.78 is 6.47. The third-order valence-electron chi connectivity index (χ3n) is 4.35. The Morgan fingerprint density at radius 1 is 1.31 bits per heavy atom. The van der Waals surface area contributed by atoms with Gasteiger partial charge >= 0.3 is 6.03 Å². The third kappa shape index (κ3) is 4.36.